The second kappa shape index (κ2) is 3.40. The molecule has 0 saturated carbocycles. The van der Waals surface area contributed by atoms with Crippen LogP contribution in [0.25, 0.3) is 0 Å². The van der Waals surface area contributed by atoms with Crippen LogP contribution in [0.2, 0.25) is 0 Å². The largest absolute Gasteiger partial charge is 0.362 e. The van der Waals surface area contributed by atoms with Crippen molar-refractivity contribution in [2.24, 2.45) is 0 Å². The Balaban J connectivity index is 3.41. The Labute approximate surface area is 94.3 Å². The first-order valence-electron chi connectivity index (χ1n) is 5.75. The number of rotatable bonds is 0. The maximum atomic E-state index is 3.56. The fourth-order valence-corrected chi connectivity index (χ4v) is 2.62. The molecule has 1 heterocycles. The lowest BCUT2D eigenvalue weighted by Gasteiger charge is -2.22. The van der Waals surface area contributed by atoms with Crippen LogP contribution in [0.4, 0.5) is 0 Å². The van der Waals surface area contributed by atoms with Gasteiger partial charge in [0.05, 0.1) is 0 Å². The highest BCUT2D eigenvalue weighted by Crippen LogP contribution is 2.35. The summed E-state index contributed by atoms with van der Waals surface area (Å²) in [5.74, 6) is 0. The summed E-state index contributed by atoms with van der Waals surface area (Å²) in [5, 5.41) is 0. The van der Waals surface area contributed by atoms with E-state index in [1.807, 2.05) is 0 Å². The van der Waals surface area contributed by atoms with Gasteiger partial charge in [-0.3, -0.25) is 0 Å². The van der Waals surface area contributed by atoms with E-state index in [1.165, 1.54) is 22.5 Å². The van der Waals surface area contributed by atoms with E-state index < -0.39 is 0 Å². The van der Waals surface area contributed by atoms with Crippen LogP contribution in [0.1, 0.15) is 64.1 Å². The molecule has 0 aliphatic heterocycles. The normalized spacial score (nSPS) is 13.3. The molecular weight excluding hydrogens is 182 g/mol. The molecule has 0 amide bonds. The highest BCUT2D eigenvalue weighted by Gasteiger charge is 2.27. The molecule has 0 atom stereocenters. The third-order valence-corrected chi connectivity index (χ3v) is 2.94. The molecule has 1 N–H and O–H groups in total. The van der Waals surface area contributed by atoms with Gasteiger partial charge in [0.2, 0.25) is 0 Å². The van der Waals surface area contributed by atoms with Crippen molar-refractivity contribution in [3.05, 3.63) is 22.5 Å². The number of aromatic amines is 1. The van der Waals surface area contributed by atoms with Crippen LogP contribution in [0.15, 0.2) is 0 Å². The lowest BCUT2D eigenvalue weighted by molar-refractivity contribution is 0.563. The number of aryl methyl sites for hydroxylation is 1. The maximum Gasteiger partial charge on any atom is 0.0236 e. The summed E-state index contributed by atoms with van der Waals surface area (Å²) in [6.45, 7) is 18.1. The zero-order chi connectivity index (χ0) is 12.0. The predicted octanol–water partition coefficient (Wildman–Crippen LogP) is 4.23. The first-order valence-corrected chi connectivity index (χ1v) is 5.75. The fraction of sp³-hybridized carbons (Fsp3) is 0.714. The third-order valence-electron chi connectivity index (χ3n) is 2.94. The van der Waals surface area contributed by atoms with Gasteiger partial charge in [-0.2, -0.15) is 0 Å². The summed E-state index contributed by atoms with van der Waals surface area (Å²) in [7, 11) is 0. The number of aromatic nitrogens is 1. The molecule has 0 bridgehead atoms. The molecule has 86 valence electrons. The van der Waals surface area contributed by atoms with Crippen molar-refractivity contribution < 1.29 is 0 Å². The van der Waals surface area contributed by atoms with E-state index in [9.17, 15) is 0 Å². The Morgan fingerprint density at radius 2 is 1.27 bits per heavy atom. The van der Waals surface area contributed by atoms with E-state index in [1.54, 1.807) is 0 Å². The summed E-state index contributed by atoms with van der Waals surface area (Å²) < 4.78 is 0. The average molecular weight is 207 g/mol. The van der Waals surface area contributed by atoms with Crippen LogP contribution in [0.5, 0.6) is 0 Å². The zero-order valence-corrected chi connectivity index (χ0v) is 11.5. The number of hydrogen-bond acceptors (Lipinski definition) is 0. The molecular formula is C14H25N. The van der Waals surface area contributed by atoms with Crippen molar-refractivity contribution in [3.63, 3.8) is 0 Å². The van der Waals surface area contributed by atoms with Crippen molar-refractivity contribution in [2.75, 3.05) is 0 Å². The molecule has 1 rings (SSSR count). The van der Waals surface area contributed by atoms with Gasteiger partial charge < -0.3 is 4.98 Å². The molecule has 0 radical (unpaired) electrons. The summed E-state index contributed by atoms with van der Waals surface area (Å²) in [5.41, 5.74) is 6.06. The van der Waals surface area contributed by atoms with Gasteiger partial charge in [0, 0.05) is 16.8 Å². The minimum atomic E-state index is 0.207. The smallest absolute Gasteiger partial charge is 0.0236 e. The number of H-pyrrole nitrogens is 1. The summed E-state index contributed by atoms with van der Waals surface area (Å²) >= 11 is 0. The van der Waals surface area contributed by atoms with Crippen molar-refractivity contribution in [3.8, 4) is 0 Å². The summed E-state index contributed by atoms with van der Waals surface area (Å²) in [6, 6.07) is 0. The van der Waals surface area contributed by atoms with Crippen LogP contribution in [-0.4, -0.2) is 4.98 Å². The summed E-state index contributed by atoms with van der Waals surface area (Å²) in [6.07, 6.45) is 0. The lowest BCUT2D eigenvalue weighted by Crippen LogP contribution is -2.16. The molecule has 1 aromatic rings. The van der Waals surface area contributed by atoms with Gasteiger partial charge in [-0.25, -0.2) is 0 Å². The molecule has 0 saturated heterocycles. The molecule has 15 heavy (non-hydrogen) atoms. The van der Waals surface area contributed by atoms with Crippen molar-refractivity contribution in [2.45, 2.75) is 66.2 Å². The van der Waals surface area contributed by atoms with E-state index in [0.717, 1.165) is 0 Å². The van der Waals surface area contributed by atoms with Gasteiger partial charge >= 0.3 is 0 Å². The van der Waals surface area contributed by atoms with Gasteiger partial charge in [0.1, 0.15) is 0 Å². The Hall–Kier alpha value is -0.720. The monoisotopic (exact) mass is 207 g/mol. The van der Waals surface area contributed by atoms with Crippen LogP contribution in [-0.2, 0) is 10.8 Å². The number of hydrogen-bond donors (Lipinski definition) is 1. The molecule has 0 spiro atoms. The van der Waals surface area contributed by atoms with Gasteiger partial charge in [0.25, 0.3) is 0 Å². The van der Waals surface area contributed by atoms with Gasteiger partial charge in [-0.05, 0) is 30.4 Å². The second-order valence-electron chi connectivity index (χ2n) is 6.62. The summed E-state index contributed by atoms with van der Waals surface area (Å²) in [4.78, 5) is 3.56. The van der Waals surface area contributed by atoms with Crippen molar-refractivity contribution in [1.29, 1.82) is 0 Å². The van der Waals surface area contributed by atoms with E-state index in [4.69, 9.17) is 0 Å². The van der Waals surface area contributed by atoms with Crippen LogP contribution in [0, 0.1) is 13.8 Å². The molecule has 0 aliphatic rings. The second-order valence-corrected chi connectivity index (χ2v) is 6.62. The highest BCUT2D eigenvalue weighted by molar-refractivity contribution is 5.42. The standard InChI is InChI=1S/C14H25N/c1-9-11(13(3,4)5)10(2)15-12(9)14(6,7)8/h15H,1-8H3. The van der Waals surface area contributed by atoms with Crippen molar-refractivity contribution >= 4 is 0 Å². The van der Waals surface area contributed by atoms with Crippen molar-refractivity contribution in [1.82, 2.24) is 4.98 Å². The molecule has 0 aromatic carbocycles. The Morgan fingerprint density at radius 3 is 1.47 bits per heavy atom. The maximum absolute atomic E-state index is 3.56. The lowest BCUT2D eigenvalue weighted by atomic mass is 9.81. The zero-order valence-electron chi connectivity index (χ0n) is 11.5. The molecule has 0 fully saturated rings. The van der Waals surface area contributed by atoms with Crippen LogP contribution >= 0.6 is 0 Å². The highest BCUT2D eigenvalue weighted by atomic mass is 14.8. The van der Waals surface area contributed by atoms with E-state index in [-0.39, 0.29) is 10.8 Å². The number of nitrogens with one attached hydrogen (secondary N) is 1. The molecule has 0 unspecified atom stereocenters. The molecule has 1 nitrogen and oxygen atoms in total. The Bertz CT molecular complexity index is 356. The topological polar surface area (TPSA) is 15.8 Å². The SMILES string of the molecule is Cc1[nH]c(C(C)(C)C)c(C)c1C(C)(C)C. The van der Waals surface area contributed by atoms with E-state index >= 15 is 0 Å². The minimum Gasteiger partial charge on any atom is -0.362 e. The van der Waals surface area contributed by atoms with Gasteiger partial charge in [-0.15, -0.1) is 0 Å². The third kappa shape index (κ3) is 2.27. The molecule has 1 heteroatoms. The molecule has 1 aromatic heterocycles. The van der Waals surface area contributed by atoms with E-state index in [2.05, 4.69) is 60.4 Å². The Morgan fingerprint density at radius 1 is 0.800 bits per heavy atom. The fourth-order valence-electron chi connectivity index (χ4n) is 2.62. The molecule has 0 aliphatic carbocycles. The first-order chi connectivity index (χ1) is 6.55. The minimum absolute atomic E-state index is 0.207. The van der Waals surface area contributed by atoms with Gasteiger partial charge in [-0.1, -0.05) is 41.5 Å². The Kier molecular flexibility index (Phi) is 2.80. The van der Waals surface area contributed by atoms with Gasteiger partial charge in [0.15, 0.2) is 0 Å². The van der Waals surface area contributed by atoms with E-state index in [0.29, 0.717) is 0 Å². The quantitative estimate of drug-likeness (QED) is 0.655. The predicted molar refractivity (Wildman–Crippen MR) is 67.7 cm³/mol. The average Bonchev–Trinajstić information content (AvgIpc) is 2.22. The first kappa shape index (κ1) is 12.4. The van der Waals surface area contributed by atoms with Crippen LogP contribution in [0.3, 0.4) is 0 Å². The van der Waals surface area contributed by atoms with Crippen LogP contribution < -0.4 is 0 Å².